The number of carbonyl (C=O) groups excluding carboxylic acids is 1. The third kappa shape index (κ3) is 5.78. The molecule has 7 heteroatoms. The van der Waals surface area contributed by atoms with Crippen LogP contribution in [0.3, 0.4) is 0 Å². The quantitative estimate of drug-likeness (QED) is 0.270. The highest BCUT2D eigenvalue weighted by molar-refractivity contribution is 8.03. The Labute approximate surface area is 214 Å². The Bertz CT molecular complexity index is 1220. The zero-order chi connectivity index (χ0) is 22.5. The number of rotatable bonds is 8. The van der Waals surface area contributed by atoms with Gasteiger partial charge in [0.05, 0.1) is 10.7 Å². The summed E-state index contributed by atoms with van der Waals surface area (Å²) in [4.78, 5) is 15.1. The highest BCUT2D eigenvalue weighted by atomic mass is 79.9. The van der Waals surface area contributed by atoms with Crippen molar-refractivity contribution in [1.29, 1.82) is 0 Å². The Kier molecular flexibility index (Phi) is 8.95. The Hall–Kier alpha value is -2.35. The SMILES string of the molecule is C=CC(=O)NCCC[n+]1c(C=C(C)C=C2Sc3ccccc3N2CC)sc2ccccc21.[Br-]. The third-order valence-electron chi connectivity index (χ3n) is 5.33. The Balaban J connectivity index is 0.00000306. The number of benzene rings is 2. The second kappa shape index (κ2) is 11.7. The first-order chi connectivity index (χ1) is 15.6. The molecule has 0 saturated heterocycles. The number of hydrogen-bond acceptors (Lipinski definition) is 4. The van der Waals surface area contributed by atoms with E-state index in [0.717, 1.165) is 19.5 Å². The Morgan fingerprint density at radius 3 is 2.73 bits per heavy atom. The smallest absolute Gasteiger partial charge is 0.263 e. The summed E-state index contributed by atoms with van der Waals surface area (Å²) >= 11 is 3.64. The molecular weight excluding hydrogens is 514 g/mol. The number of anilines is 1. The van der Waals surface area contributed by atoms with Crippen LogP contribution >= 0.6 is 23.1 Å². The predicted octanol–water partition coefficient (Wildman–Crippen LogP) is 2.76. The standard InChI is InChI=1S/C26H27N3OS2.BrH/c1-4-24(30)27-15-10-16-29-21-12-7-9-14-23(21)32-26(29)18-19(3)17-25-28(5-2)20-11-6-8-13-22(20)31-25;/h4,6-9,11-14,17-18H,1,5,10,15-16H2,2-3H3;1H. The van der Waals surface area contributed by atoms with E-state index in [0.29, 0.717) is 6.54 Å². The minimum Gasteiger partial charge on any atom is -1.00 e. The fourth-order valence-corrected chi connectivity index (χ4v) is 6.27. The van der Waals surface area contributed by atoms with Crippen LogP contribution in [0.15, 0.2) is 82.8 Å². The maximum atomic E-state index is 11.4. The van der Waals surface area contributed by atoms with Gasteiger partial charge in [0.15, 0.2) is 6.54 Å². The first-order valence-corrected chi connectivity index (χ1v) is 12.5. The van der Waals surface area contributed by atoms with Gasteiger partial charge in [0.25, 0.3) is 5.01 Å². The molecule has 0 fully saturated rings. The minimum atomic E-state index is -0.122. The van der Waals surface area contributed by atoms with Gasteiger partial charge in [-0.2, -0.15) is 4.57 Å². The molecule has 2 aromatic carbocycles. The van der Waals surface area contributed by atoms with E-state index in [4.69, 9.17) is 0 Å². The summed E-state index contributed by atoms with van der Waals surface area (Å²) in [7, 11) is 0. The van der Waals surface area contributed by atoms with Crippen molar-refractivity contribution >= 4 is 51.0 Å². The maximum Gasteiger partial charge on any atom is 0.263 e. The number of amides is 1. The predicted molar refractivity (Wildman–Crippen MR) is 137 cm³/mol. The van der Waals surface area contributed by atoms with Crippen molar-refractivity contribution in [3.63, 3.8) is 0 Å². The molecule has 0 radical (unpaired) electrons. The number of nitrogens with one attached hydrogen (secondary N) is 1. The van der Waals surface area contributed by atoms with Crippen LogP contribution in [0.4, 0.5) is 5.69 Å². The average Bonchev–Trinajstić information content (AvgIpc) is 3.33. The lowest BCUT2D eigenvalue weighted by atomic mass is 10.2. The van der Waals surface area contributed by atoms with Gasteiger partial charge in [0.1, 0.15) is 4.70 Å². The van der Waals surface area contributed by atoms with Crippen molar-refractivity contribution in [1.82, 2.24) is 5.32 Å². The molecule has 2 heterocycles. The fourth-order valence-electron chi connectivity index (χ4n) is 3.83. The molecule has 1 aromatic heterocycles. The van der Waals surface area contributed by atoms with Crippen LogP contribution in [0.5, 0.6) is 0 Å². The Morgan fingerprint density at radius 2 is 1.94 bits per heavy atom. The van der Waals surface area contributed by atoms with E-state index in [9.17, 15) is 4.79 Å². The van der Waals surface area contributed by atoms with Gasteiger partial charge in [-0.1, -0.05) is 53.9 Å². The second-order valence-corrected chi connectivity index (χ2v) is 9.72. The van der Waals surface area contributed by atoms with Crippen LogP contribution in [0.2, 0.25) is 0 Å². The van der Waals surface area contributed by atoms with E-state index < -0.39 is 0 Å². The molecule has 1 aliphatic heterocycles. The summed E-state index contributed by atoms with van der Waals surface area (Å²) < 4.78 is 3.63. The number of carbonyl (C=O) groups is 1. The topological polar surface area (TPSA) is 36.2 Å². The maximum absolute atomic E-state index is 11.4. The van der Waals surface area contributed by atoms with Crippen molar-refractivity contribution in [3.05, 3.63) is 82.9 Å². The summed E-state index contributed by atoms with van der Waals surface area (Å²) in [5.74, 6) is -0.122. The van der Waals surface area contributed by atoms with Gasteiger partial charge in [-0.3, -0.25) is 4.79 Å². The van der Waals surface area contributed by atoms with Gasteiger partial charge < -0.3 is 27.2 Å². The molecular formula is C26H28BrN3OS2. The number of aryl methyl sites for hydroxylation is 1. The normalized spacial score (nSPS) is 14.3. The number of allylic oxidation sites excluding steroid dienone is 2. The molecule has 0 spiro atoms. The van der Waals surface area contributed by atoms with E-state index in [1.54, 1.807) is 11.3 Å². The van der Waals surface area contributed by atoms with Gasteiger partial charge >= 0.3 is 0 Å². The van der Waals surface area contributed by atoms with Crippen LogP contribution in [-0.2, 0) is 11.3 Å². The zero-order valence-corrected chi connectivity index (χ0v) is 22.1. The van der Waals surface area contributed by atoms with Crippen LogP contribution in [0.25, 0.3) is 16.3 Å². The summed E-state index contributed by atoms with van der Waals surface area (Å²) in [5, 5.41) is 5.36. The van der Waals surface area contributed by atoms with E-state index in [-0.39, 0.29) is 22.9 Å². The molecule has 4 rings (SSSR count). The number of nitrogens with zero attached hydrogens (tertiary/aromatic N) is 2. The van der Waals surface area contributed by atoms with Gasteiger partial charge in [-0.25, -0.2) is 0 Å². The largest absolute Gasteiger partial charge is 1.00 e. The van der Waals surface area contributed by atoms with Gasteiger partial charge in [-0.05, 0) is 49.8 Å². The van der Waals surface area contributed by atoms with Crippen molar-refractivity contribution in [2.24, 2.45) is 0 Å². The lowest BCUT2D eigenvalue weighted by Crippen LogP contribution is -3.00. The van der Waals surface area contributed by atoms with E-state index in [1.807, 2.05) is 11.8 Å². The molecule has 4 nitrogen and oxygen atoms in total. The fraction of sp³-hybridized carbons (Fsp3) is 0.231. The van der Waals surface area contributed by atoms with E-state index in [2.05, 4.69) is 95.9 Å². The Morgan fingerprint density at radius 1 is 1.18 bits per heavy atom. The molecule has 1 N–H and O–H groups in total. The van der Waals surface area contributed by atoms with E-state index >= 15 is 0 Å². The van der Waals surface area contributed by atoms with Gasteiger partial charge in [0, 0.05) is 36.5 Å². The summed E-state index contributed by atoms with van der Waals surface area (Å²) in [6.07, 6.45) is 6.74. The molecule has 0 bridgehead atoms. The number of para-hydroxylation sites is 2. The van der Waals surface area contributed by atoms with Crippen molar-refractivity contribution in [2.45, 2.75) is 31.7 Å². The monoisotopic (exact) mass is 541 g/mol. The first-order valence-electron chi connectivity index (χ1n) is 10.9. The van der Waals surface area contributed by atoms with Crippen molar-refractivity contribution < 1.29 is 26.3 Å². The molecule has 1 aliphatic rings. The molecule has 0 unspecified atom stereocenters. The molecule has 1 amide bonds. The van der Waals surface area contributed by atoms with Crippen LogP contribution in [-0.4, -0.2) is 19.0 Å². The van der Waals surface area contributed by atoms with Gasteiger partial charge in [-0.15, -0.1) is 0 Å². The highest BCUT2D eigenvalue weighted by Crippen LogP contribution is 2.45. The van der Waals surface area contributed by atoms with Crippen LogP contribution in [0, 0.1) is 0 Å². The van der Waals surface area contributed by atoms with Crippen molar-refractivity contribution in [3.8, 4) is 0 Å². The number of halogens is 1. The number of hydrogen-bond donors (Lipinski definition) is 1. The summed E-state index contributed by atoms with van der Waals surface area (Å²) in [5.41, 5.74) is 3.74. The van der Waals surface area contributed by atoms with Gasteiger partial charge in [0.2, 0.25) is 11.4 Å². The molecule has 172 valence electrons. The van der Waals surface area contributed by atoms with Crippen molar-refractivity contribution in [2.75, 3.05) is 18.0 Å². The number of aromatic nitrogens is 1. The summed E-state index contributed by atoms with van der Waals surface area (Å²) in [6, 6.07) is 17.1. The first kappa shape index (κ1) is 25.3. The van der Waals surface area contributed by atoms with E-state index in [1.165, 1.54) is 42.5 Å². The minimum absolute atomic E-state index is 0. The zero-order valence-electron chi connectivity index (χ0n) is 18.9. The highest BCUT2D eigenvalue weighted by Gasteiger charge is 2.23. The average molecular weight is 543 g/mol. The second-order valence-electron chi connectivity index (χ2n) is 7.59. The molecule has 33 heavy (non-hydrogen) atoms. The van der Waals surface area contributed by atoms with Crippen LogP contribution < -0.4 is 31.8 Å². The number of thioether (sulfide) groups is 1. The molecule has 0 atom stereocenters. The molecule has 0 aliphatic carbocycles. The lowest BCUT2D eigenvalue weighted by Gasteiger charge is -2.17. The molecule has 3 aromatic rings. The molecule has 0 saturated carbocycles. The van der Waals surface area contributed by atoms with Crippen LogP contribution in [0.1, 0.15) is 25.3 Å². The third-order valence-corrected chi connectivity index (χ3v) is 7.56. The lowest BCUT2D eigenvalue weighted by molar-refractivity contribution is -0.669. The summed E-state index contributed by atoms with van der Waals surface area (Å²) in [6.45, 7) is 10.3. The number of fused-ring (bicyclic) bond motifs is 2. The number of thiazole rings is 1.